The van der Waals surface area contributed by atoms with E-state index in [0.717, 1.165) is 0 Å². The fraction of sp³-hybridized carbons (Fsp3) is 0.357. The number of rotatable bonds is 5. The van der Waals surface area contributed by atoms with Crippen molar-refractivity contribution < 1.29 is 9.59 Å². The molecule has 0 aliphatic carbocycles. The van der Waals surface area contributed by atoms with Crippen molar-refractivity contribution in [3.63, 3.8) is 0 Å². The summed E-state index contributed by atoms with van der Waals surface area (Å²) in [5.74, 6) is -0.737. The number of primary amides is 1. The molecule has 0 saturated heterocycles. The van der Waals surface area contributed by atoms with Gasteiger partial charge in [-0.2, -0.15) is 5.26 Å². The lowest BCUT2D eigenvalue weighted by molar-refractivity contribution is 0.100. The Labute approximate surface area is 118 Å². The quantitative estimate of drug-likeness (QED) is 0.856. The van der Waals surface area contributed by atoms with E-state index in [1.165, 1.54) is 0 Å². The van der Waals surface area contributed by atoms with Crippen molar-refractivity contribution in [1.82, 2.24) is 4.90 Å². The van der Waals surface area contributed by atoms with Crippen LogP contribution in [-0.4, -0.2) is 29.9 Å². The third-order valence-corrected chi connectivity index (χ3v) is 2.80. The minimum absolute atomic E-state index is 0.224. The number of hydrogen-bond donors (Lipinski definition) is 2. The topological polar surface area (TPSA) is 99.2 Å². The van der Waals surface area contributed by atoms with E-state index in [1.54, 1.807) is 36.1 Å². The van der Waals surface area contributed by atoms with E-state index in [2.05, 4.69) is 11.4 Å². The first-order valence-electron chi connectivity index (χ1n) is 6.33. The van der Waals surface area contributed by atoms with Crippen molar-refractivity contribution in [2.75, 3.05) is 18.4 Å². The van der Waals surface area contributed by atoms with E-state index < -0.39 is 5.91 Å². The zero-order valence-corrected chi connectivity index (χ0v) is 11.6. The number of nitrogens with zero attached hydrogens (tertiary/aromatic N) is 2. The molecule has 1 atom stereocenters. The molecule has 0 aromatic heterocycles. The van der Waals surface area contributed by atoms with Gasteiger partial charge < -0.3 is 16.0 Å². The van der Waals surface area contributed by atoms with Crippen molar-refractivity contribution in [2.45, 2.75) is 13.8 Å². The molecule has 1 unspecified atom stereocenters. The summed E-state index contributed by atoms with van der Waals surface area (Å²) in [6.45, 7) is 4.49. The van der Waals surface area contributed by atoms with E-state index in [1.807, 2.05) is 6.92 Å². The fourth-order valence-electron chi connectivity index (χ4n) is 1.65. The van der Waals surface area contributed by atoms with Crippen LogP contribution in [0.3, 0.4) is 0 Å². The monoisotopic (exact) mass is 274 g/mol. The maximum absolute atomic E-state index is 12.0. The van der Waals surface area contributed by atoms with Crippen LogP contribution in [0.1, 0.15) is 24.2 Å². The lowest BCUT2D eigenvalue weighted by Gasteiger charge is -2.22. The number of carbonyl (C=O) groups is 2. The molecule has 0 heterocycles. The standard InChI is InChI=1S/C14H18N4O2/c1-3-18(9-10(2)8-15)14(20)17-12-6-4-11(5-7-12)13(16)19/h4-7,10H,3,9H2,1-2H3,(H2,16,19)(H,17,20). The first-order valence-corrected chi connectivity index (χ1v) is 6.33. The molecule has 0 fully saturated rings. The molecule has 0 spiro atoms. The van der Waals surface area contributed by atoms with Gasteiger partial charge in [0.05, 0.1) is 12.0 Å². The third-order valence-electron chi connectivity index (χ3n) is 2.80. The van der Waals surface area contributed by atoms with E-state index in [9.17, 15) is 9.59 Å². The molecule has 106 valence electrons. The first-order chi connectivity index (χ1) is 9.47. The van der Waals surface area contributed by atoms with Gasteiger partial charge in [0, 0.05) is 24.3 Å². The van der Waals surface area contributed by atoms with Crippen molar-refractivity contribution in [3.8, 4) is 6.07 Å². The van der Waals surface area contributed by atoms with Gasteiger partial charge in [0.2, 0.25) is 5.91 Å². The van der Waals surface area contributed by atoms with Gasteiger partial charge in [-0.15, -0.1) is 0 Å². The van der Waals surface area contributed by atoms with Gasteiger partial charge in [0.1, 0.15) is 0 Å². The van der Waals surface area contributed by atoms with Gasteiger partial charge in [0.15, 0.2) is 0 Å². The lowest BCUT2D eigenvalue weighted by Crippen LogP contribution is -2.37. The number of nitrogens with one attached hydrogen (secondary N) is 1. The van der Waals surface area contributed by atoms with Crippen LogP contribution < -0.4 is 11.1 Å². The van der Waals surface area contributed by atoms with Crippen molar-refractivity contribution in [2.24, 2.45) is 11.7 Å². The minimum atomic E-state index is -0.513. The third kappa shape index (κ3) is 4.28. The van der Waals surface area contributed by atoms with Gasteiger partial charge in [-0.1, -0.05) is 0 Å². The van der Waals surface area contributed by atoms with Crippen LogP contribution in [0.25, 0.3) is 0 Å². The number of benzene rings is 1. The van der Waals surface area contributed by atoms with Gasteiger partial charge in [0.25, 0.3) is 0 Å². The van der Waals surface area contributed by atoms with Gasteiger partial charge in [-0.25, -0.2) is 4.79 Å². The Hall–Kier alpha value is -2.55. The Morgan fingerprint density at radius 1 is 1.40 bits per heavy atom. The Morgan fingerprint density at radius 3 is 2.45 bits per heavy atom. The predicted molar refractivity (Wildman–Crippen MR) is 76.0 cm³/mol. The summed E-state index contributed by atoms with van der Waals surface area (Å²) in [5, 5.41) is 11.5. The highest BCUT2D eigenvalue weighted by Gasteiger charge is 2.14. The summed E-state index contributed by atoms with van der Waals surface area (Å²) in [6, 6.07) is 8.14. The van der Waals surface area contributed by atoms with Crippen molar-refractivity contribution in [1.29, 1.82) is 5.26 Å². The number of carbonyl (C=O) groups excluding carboxylic acids is 2. The van der Waals surface area contributed by atoms with Crippen LogP contribution in [0.5, 0.6) is 0 Å². The summed E-state index contributed by atoms with van der Waals surface area (Å²) in [5.41, 5.74) is 6.09. The normalized spacial score (nSPS) is 11.2. The Balaban J connectivity index is 2.69. The molecule has 3 N–H and O–H groups in total. The van der Waals surface area contributed by atoms with Crippen LogP contribution in [0, 0.1) is 17.2 Å². The van der Waals surface area contributed by atoms with Crippen LogP contribution in [-0.2, 0) is 0 Å². The zero-order chi connectivity index (χ0) is 15.1. The highest BCUT2D eigenvalue weighted by Crippen LogP contribution is 2.10. The molecule has 1 aromatic rings. The summed E-state index contributed by atoms with van der Waals surface area (Å²) in [4.78, 5) is 24.5. The molecular weight excluding hydrogens is 256 g/mol. The number of amides is 3. The smallest absolute Gasteiger partial charge is 0.321 e. The first kappa shape index (κ1) is 15.5. The average Bonchev–Trinajstić information content (AvgIpc) is 2.44. The number of nitriles is 1. The summed E-state index contributed by atoms with van der Waals surface area (Å²) < 4.78 is 0. The Kier molecular flexibility index (Phi) is 5.54. The lowest BCUT2D eigenvalue weighted by atomic mass is 10.2. The molecule has 6 heteroatoms. The van der Waals surface area contributed by atoms with E-state index in [0.29, 0.717) is 24.3 Å². The van der Waals surface area contributed by atoms with E-state index in [4.69, 9.17) is 11.0 Å². The number of urea groups is 1. The highest BCUT2D eigenvalue weighted by molar-refractivity contribution is 5.94. The Bertz CT molecular complexity index is 519. The van der Waals surface area contributed by atoms with Crippen LogP contribution in [0.15, 0.2) is 24.3 Å². The largest absolute Gasteiger partial charge is 0.366 e. The van der Waals surface area contributed by atoms with Crippen LogP contribution in [0.4, 0.5) is 10.5 Å². The molecule has 0 aliphatic rings. The molecule has 0 radical (unpaired) electrons. The highest BCUT2D eigenvalue weighted by atomic mass is 16.2. The van der Waals surface area contributed by atoms with Crippen LogP contribution in [0.2, 0.25) is 0 Å². The molecule has 0 saturated carbocycles. The maximum atomic E-state index is 12.0. The van der Waals surface area contributed by atoms with Crippen molar-refractivity contribution in [3.05, 3.63) is 29.8 Å². The molecular formula is C14H18N4O2. The van der Waals surface area contributed by atoms with E-state index in [-0.39, 0.29) is 11.9 Å². The molecule has 6 nitrogen and oxygen atoms in total. The zero-order valence-electron chi connectivity index (χ0n) is 11.6. The van der Waals surface area contributed by atoms with Gasteiger partial charge in [-0.3, -0.25) is 4.79 Å². The van der Waals surface area contributed by atoms with E-state index >= 15 is 0 Å². The average molecular weight is 274 g/mol. The molecule has 20 heavy (non-hydrogen) atoms. The van der Waals surface area contributed by atoms with Gasteiger partial charge >= 0.3 is 6.03 Å². The fourth-order valence-corrected chi connectivity index (χ4v) is 1.65. The molecule has 3 amide bonds. The van der Waals surface area contributed by atoms with Crippen LogP contribution >= 0.6 is 0 Å². The second-order valence-electron chi connectivity index (χ2n) is 4.44. The maximum Gasteiger partial charge on any atom is 0.321 e. The predicted octanol–water partition coefficient (Wildman–Crippen LogP) is 1.80. The summed E-state index contributed by atoms with van der Waals surface area (Å²) in [7, 11) is 0. The molecule has 1 aromatic carbocycles. The van der Waals surface area contributed by atoms with Gasteiger partial charge in [-0.05, 0) is 38.1 Å². The molecule has 0 aliphatic heterocycles. The second-order valence-corrected chi connectivity index (χ2v) is 4.44. The van der Waals surface area contributed by atoms with Crippen molar-refractivity contribution >= 4 is 17.6 Å². The summed E-state index contributed by atoms with van der Waals surface area (Å²) in [6.07, 6.45) is 0. The number of anilines is 1. The SMILES string of the molecule is CCN(CC(C)C#N)C(=O)Nc1ccc(C(N)=O)cc1. The number of nitrogens with two attached hydrogens (primary N) is 1. The minimum Gasteiger partial charge on any atom is -0.366 e. The molecule has 0 bridgehead atoms. The summed E-state index contributed by atoms with van der Waals surface area (Å²) >= 11 is 0. The Morgan fingerprint density at radius 2 is 2.00 bits per heavy atom. The second kappa shape index (κ2) is 7.14. The number of hydrogen-bond acceptors (Lipinski definition) is 3. The molecule has 1 rings (SSSR count).